The quantitative estimate of drug-likeness (QED) is 0.699. The fourth-order valence-corrected chi connectivity index (χ4v) is 6.01. The summed E-state index contributed by atoms with van der Waals surface area (Å²) in [5.41, 5.74) is 1.11. The summed E-state index contributed by atoms with van der Waals surface area (Å²) < 4.78 is 40.1. The van der Waals surface area contributed by atoms with Crippen molar-refractivity contribution in [3.8, 4) is 0 Å². The first-order chi connectivity index (χ1) is 14.4. The Kier molecular flexibility index (Phi) is 6.11. The fourth-order valence-electron chi connectivity index (χ4n) is 4.00. The highest BCUT2D eigenvalue weighted by molar-refractivity contribution is 7.89. The topological polar surface area (TPSA) is 60.9 Å². The molecule has 4 rings (SSSR count). The van der Waals surface area contributed by atoms with E-state index in [-0.39, 0.29) is 40.2 Å². The lowest BCUT2D eigenvalue weighted by Gasteiger charge is -2.36. The van der Waals surface area contributed by atoms with E-state index in [9.17, 15) is 17.6 Å². The SMILES string of the molecule is O=C1CN(CCCN2CCN(c3ccc(F)cc3)CC2)S(=O)(=O)c2cccc(Cl)c21. The molecule has 0 amide bonds. The normalized spacial score (nSPS) is 19.7. The van der Waals surface area contributed by atoms with Gasteiger partial charge in [0, 0.05) is 38.4 Å². The summed E-state index contributed by atoms with van der Waals surface area (Å²) in [6.45, 7) is 4.23. The Morgan fingerprint density at radius 2 is 1.67 bits per heavy atom. The first-order valence-electron chi connectivity index (χ1n) is 9.91. The molecule has 0 aromatic heterocycles. The number of rotatable bonds is 5. The van der Waals surface area contributed by atoms with E-state index in [0.717, 1.165) is 38.4 Å². The highest BCUT2D eigenvalue weighted by Gasteiger charge is 2.37. The van der Waals surface area contributed by atoms with Crippen molar-refractivity contribution in [1.29, 1.82) is 0 Å². The van der Waals surface area contributed by atoms with Gasteiger partial charge in [0.15, 0.2) is 5.78 Å². The summed E-state index contributed by atoms with van der Waals surface area (Å²) in [5, 5.41) is 0.180. The highest BCUT2D eigenvalue weighted by Crippen LogP contribution is 2.31. The van der Waals surface area contributed by atoms with E-state index in [4.69, 9.17) is 11.6 Å². The average Bonchev–Trinajstić information content (AvgIpc) is 2.73. The van der Waals surface area contributed by atoms with Gasteiger partial charge in [0.05, 0.1) is 22.0 Å². The molecule has 0 radical (unpaired) electrons. The van der Waals surface area contributed by atoms with Crippen molar-refractivity contribution in [2.45, 2.75) is 11.3 Å². The molecule has 0 spiro atoms. The van der Waals surface area contributed by atoms with Crippen molar-refractivity contribution < 1.29 is 17.6 Å². The third kappa shape index (κ3) is 4.23. The number of nitrogens with zero attached hydrogens (tertiary/aromatic N) is 3. The maximum atomic E-state index is 13.1. The number of carbonyl (C=O) groups excluding carboxylic acids is 1. The lowest BCUT2D eigenvalue weighted by atomic mass is 10.1. The predicted molar refractivity (Wildman–Crippen MR) is 114 cm³/mol. The van der Waals surface area contributed by atoms with Gasteiger partial charge in [-0.25, -0.2) is 12.8 Å². The second-order valence-corrected chi connectivity index (χ2v) is 9.85. The minimum atomic E-state index is -3.72. The minimum absolute atomic E-state index is 0.000776. The number of sulfonamides is 1. The molecule has 0 bridgehead atoms. The molecule has 0 unspecified atom stereocenters. The van der Waals surface area contributed by atoms with Crippen LogP contribution in [0.15, 0.2) is 47.4 Å². The predicted octanol–water partition coefficient (Wildman–Crippen LogP) is 2.88. The van der Waals surface area contributed by atoms with Gasteiger partial charge in [-0.2, -0.15) is 4.31 Å². The number of benzene rings is 2. The number of ketones is 1. The van der Waals surface area contributed by atoms with Crippen LogP contribution < -0.4 is 4.90 Å². The number of halogens is 2. The summed E-state index contributed by atoms with van der Waals surface area (Å²) in [4.78, 5) is 16.9. The Balaban J connectivity index is 1.31. The van der Waals surface area contributed by atoms with E-state index in [1.165, 1.54) is 28.6 Å². The molecule has 2 aliphatic heterocycles. The van der Waals surface area contributed by atoms with Gasteiger partial charge in [0.25, 0.3) is 0 Å². The second kappa shape index (κ2) is 8.63. The number of hydrogen-bond donors (Lipinski definition) is 0. The Morgan fingerprint density at radius 3 is 2.37 bits per heavy atom. The molecule has 0 saturated carbocycles. The molecule has 1 fully saturated rings. The molecule has 6 nitrogen and oxygen atoms in total. The Morgan fingerprint density at radius 1 is 0.967 bits per heavy atom. The van der Waals surface area contributed by atoms with Crippen molar-refractivity contribution in [2.75, 3.05) is 50.7 Å². The monoisotopic (exact) mass is 451 g/mol. The van der Waals surface area contributed by atoms with Crippen LogP contribution in [0.5, 0.6) is 0 Å². The van der Waals surface area contributed by atoms with Crippen LogP contribution in [0.3, 0.4) is 0 Å². The third-order valence-electron chi connectivity index (χ3n) is 5.64. The maximum absolute atomic E-state index is 13.1. The number of fused-ring (bicyclic) bond motifs is 1. The summed E-state index contributed by atoms with van der Waals surface area (Å²) in [5.74, 6) is -0.508. The smallest absolute Gasteiger partial charge is 0.244 e. The lowest BCUT2D eigenvalue weighted by Crippen LogP contribution is -2.47. The van der Waals surface area contributed by atoms with Crippen molar-refractivity contribution >= 4 is 33.1 Å². The van der Waals surface area contributed by atoms with Gasteiger partial charge in [-0.1, -0.05) is 17.7 Å². The molecule has 0 atom stereocenters. The Labute approximate surface area is 180 Å². The van der Waals surface area contributed by atoms with Gasteiger partial charge in [0.2, 0.25) is 10.0 Å². The van der Waals surface area contributed by atoms with Crippen LogP contribution >= 0.6 is 11.6 Å². The molecule has 1 saturated heterocycles. The molecule has 9 heteroatoms. The number of Topliss-reactive ketones (excluding diaryl/α,β-unsaturated/α-hetero) is 1. The summed E-state index contributed by atoms with van der Waals surface area (Å²) in [7, 11) is -3.72. The van der Waals surface area contributed by atoms with Crippen LogP contribution in [-0.2, 0) is 10.0 Å². The molecular formula is C21H23ClFN3O3S. The average molecular weight is 452 g/mol. The van der Waals surface area contributed by atoms with E-state index in [2.05, 4.69) is 9.80 Å². The van der Waals surface area contributed by atoms with Crippen LogP contribution in [0.1, 0.15) is 16.8 Å². The molecule has 160 valence electrons. The van der Waals surface area contributed by atoms with Gasteiger partial charge in [0.1, 0.15) is 5.82 Å². The van der Waals surface area contributed by atoms with E-state index in [1.807, 2.05) is 0 Å². The number of anilines is 1. The highest BCUT2D eigenvalue weighted by atomic mass is 35.5. The van der Waals surface area contributed by atoms with Crippen LogP contribution in [0.4, 0.5) is 10.1 Å². The van der Waals surface area contributed by atoms with Gasteiger partial charge >= 0.3 is 0 Å². The molecule has 2 aliphatic rings. The number of carbonyl (C=O) groups is 1. The van der Waals surface area contributed by atoms with Crippen molar-refractivity contribution in [3.63, 3.8) is 0 Å². The fraction of sp³-hybridized carbons (Fsp3) is 0.381. The standard InChI is InChI=1S/C21H23ClFN3O3S/c22-18-3-1-4-20-21(18)19(27)15-26(30(20,28)29)10-2-9-24-11-13-25(14-12-24)17-7-5-16(23)6-8-17/h1,3-8H,2,9-15H2. The maximum Gasteiger partial charge on any atom is 0.244 e. The van der Waals surface area contributed by atoms with Gasteiger partial charge in [-0.15, -0.1) is 0 Å². The van der Waals surface area contributed by atoms with Crippen LogP contribution in [-0.4, -0.2) is 69.2 Å². The molecule has 0 N–H and O–H groups in total. The summed E-state index contributed by atoms with van der Waals surface area (Å²) in [6.07, 6.45) is 0.638. The van der Waals surface area contributed by atoms with Gasteiger partial charge in [-0.05, 0) is 49.4 Å². The van der Waals surface area contributed by atoms with E-state index < -0.39 is 10.0 Å². The van der Waals surface area contributed by atoms with Crippen molar-refractivity contribution in [2.24, 2.45) is 0 Å². The number of hydrogen-bond acceptors (Lipinski definition) is 5. The Hall–Kier alpha value is -2.00. The first-order valence-corrected chi connectivity index (χ1v) is 11.7. The molecule has 2 aromatic carbocycles. The van der Waals surface area contributed by atoms with Gasteiger partial charge in [-0.3, -0.25) is 9.69 Å². The zero-order valence-electron chi connectivity index (χ0n) is 16.4. The lowest BCUT2D eigenvalue weighted by molar-refractivity contribution is 0.0954. The molecule has 30 heavy (non-hydrogen) atoms. The zero-order chi connectivity index (χ0) is 21.3. The first kappa shape index (κ1) is 21.2. The third-order valence-corrected chi connectivity index (χ3v) is 7.84. The van der Waals surface area contributed by atoms with Crippen LogP contribution in [0.25, 0.3) is 0 Å². The molecule has 2 aromatic rings. The van der Waals surface area contributed by atoms with Crippen LogP contribution in [0.2, 0.25) is 5.02 Å². The van der Waals surface area contributed by atoms with Gasteiger partial charge < -0.3 is 4.90 Å². The summed E-state index contributed by atoms with van der Waals surface area (Å²) in [6, 6.07) is 11.0. The zero-order valence-corrected chi connectivity index (χ0v) is 18.0. The van der Waals surface area contributed by atoms with Crippen molar-refractivity contribution in [1.82, 2.24) is 9.21 Å². The molecular weight excluding hydrogens is 429 g/mol. The second-order valence-electron chi connectivity index (χ2n) is 7.53. The van der Waals surface area contributed by atoms with E-state index >= 15 is 0 Å². The largest absolute Gasteiger partial charge is 0.369 e. The summed E-state index contributed by atoms with van der Waals surface area (Å²) >= 11 is 6.05. The van der Waals surface area contributed by atoms with Crippen LogP contribution in [0, 0.1) is 5.82 Å². The van der Waals surface area contributed by atoms with E-state index in [0.29, 0.717) is 6.42 Å². The molecule has 2 heterocycles. The minimum Gasteiger partial charge on any atom is -0.369 e. The van der Waals surface area contributed by atoms with Crippen molar-refractivity contribution in [3.05, 3.63) is 58.9 Å². The Bertz CT molecular complexity index is 1040. The number of piperazine rings is 1. The molecule has 0 aliphatic carbocycles. The van der Waals surface area contributed by atoms with E-state index in [1.54, 1.807) is 18.2 Å².